The molecule has 0 rings (SSSR count). The number of quaternary nitrogens is 1. The molecule has 0 aliphatic carbocycles. The van der Waals surface area contributed by atoms with E-state index >= 15 is 0 Å². The third-order valence-electron chi connectivity index (χ3n) is 2.97. The Morgan fingerprint density at radius 2 is 1.90 bits per heavy atom. The average Bonchev–Trinajstić information content (AvgIpc) is 2.36. The number of amides is 1. The minimum absolute atomic E-state index is 0.164. The van der Waals surface area contributed by atoms with E-state index in [1.54, 1.807) is 0 Å². The molecule has 0 heterocycles. The molecule has 1 unspecified atom stereocenters. The molecule has 1 amide bonds. The molecule has 1 atom stereocenters. The third kappa shape index (κ3) is 12.1. The van der Waals surface area contributed by atoms with Crippen molar-refractivity contribution in [2.24, 2.45) is 0 Å². The van der Waals surface area contributed by atoms with Crippen LogP contribution in [0.25, 0.3) is 0 Å². The van der Waals surface area contributed by atoms with Gasteiger partial charge in [-0.1, -0.05) is 13.5 Å². The van der Waals surface area contributed by atoms with Gasteiger partial charge in [0.1, 0.15) is 0 Å². The Hall–Kier alpha value is -0.920. The molecule has 7 heteroatoms. The van der Waals surface area contributed by atoms with Gasteiger partial charge in [-0.2, -0.15) is 0 Å². The van der Waals surface area contributed by atoms with Crippen LogP contribution in [0.5, 0.6) is 0 Å². The molecule has 0 aliphatic heterocycles. The van der Waals surface area contributed by atoms with Crippen LogP contribution < -0.4 is 10.2 Å². The van der Waals surface area contributed by atoms with Crippen LogP contribution in [0.3, 0.4) is 0 Å². The Kier molecular flexibility index (Phi) is 10.3. The SMILES string of the molecule is C=CC(=O)NCCCC[NH+](CCC)CCCS(=O)(=O)[O-]. The molecule has 0 saturated carbocycles. The minimum Gasteiger partial charge on any atom is -0.748 e. The summed E-state index contributed by atoms with van der Waals surface area (Å²) < 4.78 is 31.6. The van der Waals surface area contributed by atoms with Gasteiger partial charge in [0.15, 0.2) is 0 Å². The van der Waals surface area contributed by atoms with Crippen molar-refractivity contribution in [2.45, 2.75) is 32.6 Å². The van der Waals surface area contributed by atoms with E-state index in [-0.39, 0.29) is 11.7 Å². The first kappa shape index (κ1) is 19.1. The van der Waals surface area contributed by atoms with Gasteiger partial charge in [-0.05, 0) is 25.3 Å². The van der Waals surface area contributed by atoms with Crippen LogP contribution >= 0.6 is 0 Å². The fourth-order valence-corrected chi connectivity index (χ4v) is 2.51. The van der Waals surface area contributed by atoms with Crippen LogP contribution in [-0.2, 0) is 14.9 Å². The van der Waals surface area contributed by atoms with Crippen molar-refractivity contribution in [1.82, 2.24) is 5.32 Å². The molecule has 0 fully saturated rings. The van der Waals surface area contributed by atoms with Crippen molar-refractivity contribution >= 4 is 16.0 Å². The van der Waals surface area contributed by atoms with Gasteiger partial charge in [0.25, 0.3) is 0 Å². The standard InChI is InChI=1S/C13H26N2O4S/c1-3-9-15(11-7-12-20(17,18)19)10-6-5-8-14-13(16)4-2/h4H,2-3,5-12H2,1H3,(H,14,16)(H,17,18,19). The summed E-state index contributed by atoms with van der Waals surface area (Å²) in [6.07, 6.45) is 4.52. The molecule has 0 aromatic heterocycles. The van der Waals surface area contributed by atoms with Gasteiger partial charge in [-0.25, -0.2) is 8.42 Å². The van der Waals surface area contributed by atoms with E-state index < -0.39 is 10.1 Å². The van der Waals surface area contributed by atoms with Crippen LogP contribution in [0, 0.1) is 0 Å². The maximum absolute atomic E-state index is 10.9. The number of carbonyl (C=O) groups is 1. The van der Waals surface area contributed by atoms with Crippen molar-refractivity contribution in [1.29, 1.82) is 0 Å². The highest BCUT2D eigenvalue weighted by molar-refractivity contribution is 7.85. The topological polar surface area (TPSA) is 90.7 Å². The van der Waals surface area contributed by atoms with Gasteiger partial charge in [-0.15, -0.1) is 0 Å². The second-order valence-corrected chi connectivity index (χ2v) is 6.34. The summed E-state index contributed by atoms with van der Waals surface area (Å²) in [6, 6.07) is 0. The molecule has 2 N–H and O–H groups in total. The molecule has 0 aliphatic rings. The van der Waals surface area contributed by atoms with Gasteiger partial charge >= 0.3 is 0 Å². The zero-order chi connectivity index (χ0) is 15.4. The summed E-state index contributed by atoms with van der Waals surface area (Å²) in [4.78, 5) is 12.2. The van der Waals surface area contributed by atoms with E-state index in [0.717, 1.165) is 32.4 Å². The lowest BCUT2D eigenvalue weighted by Crippen LogP contribution is -3.12. The van der Waals surface area contributed by atoms with E-state index in [0.29, 0.717) is 19.5 Å². The zero-order valence-corrected chi connectivity index (χ0v) is 13.0. The largest absolute Gasteiger partial charge is 0.748 e. The Labute approximate surface area is 122 Å². The Morgan fingerprint density at radius 1 is 1.25 bits per heavy atom. The van der Waals surface area contributed by atoms with E-state index in [9.17, 15) is 17.8 Å². The number of rotatable bonds is 12. The molecule has 0 radical (unpaired) electrons. The van der Waals surface area contributed by atoms with Crippen molar-refractivity contribution in [2.75, 3.05) is 31.9 Å². The van der Waals surface area contributed by atoms with Crippen molar-refractivity contribution in [3.05, 3.63) is 12.7 Å². The Morgan fingerprint density at radius 3 is 2.45 bits per heavy atom. The summed E-state index contributed by atoms with van der Waals surface area (Å²) in [5.41, 5.74) is 0. The number of hydrogen-bond acceptors (Lipinski definition) is 4. The molecular weight excluding hydrogens is 280 g/mol. The van der Waals surface area contributed by atoms with E-state index in [2.05, 4.69) is 18.8 Å². The van der Waals surface area contributed by atoms with Gasteiger partial charge in [0.2, 0.25) is 5.91 Å². The minimum atomic E-state index is -4.10. The second kappa shape index (κ2) is 10.8. The number of carbonyl (C=O) groups excluding carboxylic acids is 1. The Balaban J connectivity index is 3.79. The summed E-state index contributed by atoms with van der Waals surface area (Å²) in [5.74, 6) is -0.446. The van der Waals surface area contributed by atoms with Gasteiger partial charge in [0, 0.05) is 18.7 Å². The number of hydrogen-bond donors (Lipinski definition) is 2. The summed E-state index contributed by atoms with van der Waals surface area (Å²) in [7, 11) is -4.10. The van der Waals surface area contributed by atoms with Crippen LogP contribution in [0.15, 0.2) is 12.7 Å². The number of nitrogens with one attached hydrogen (secondary N) is 2. The lowest BCUT2D eigenvalue weighted by atomic mass is 10.2. The molecule has 0 aromatic rings. The molecule has 0 saturated heterocycles. The summed E-state index contributed by atoms with van der Waals surface area (Å²) in [5, 5.41) is 2.71. The molecule has 118 valence electrons. The van der Waals surface area contributed by atoms with Gasteiger partial charge < -0.3 is 14.8 Å². The van der Waals surface area contributed by atoms with Crippen LogP contribution in [-0.4, -0.2) is 50.8 Å². The first-order valence-corrected chi connectivity index (χ1v) is 8.64. The molecule has 20 heavy (non-hydrogen) atoms. The molecule has 0 bridgehead atoms. The predicted molar refractivity (Wildman–Crippen MR) is 77.5 cm³/mol. The molecule has 0 spiro atoms. The monoisotopic (exact) mass is 306 g/mol. The van der Waals surface area contributed by atoms with Gasteiger partial charge in [-0.3, -0.25) is 4.79 Å². The quantitative estimate of drug-likeness (QED) is 0.283. The average molecular weight is 306 g/mol. The summed E-state index contributed by atoms with van der Waals surface area (Å²) in [6.45, 7) is 8.68. The van der Waals surface area contributed by atoms with Crippen LogP contribution in [0.1, 0.15) is 32.6 Å². The van der Waals surface area contributed by atoms with Crippen LogP contribution in [0.4, 0.5) is 0 Å². The molecule has 6 nitrogen and oxygen atoms in total. The lowest BCUT2D eigenvalue weighted by Gasteiger charge is -2.19. The smallest absolute Gasteiger partial charge is 0.243 e. The first-order valence-electron chi connectivity index (χ1n) is 7.06. The summed E-state index contributed by atoms with van der Waals surface area (Å²) >= 11 is 0. The van der Waals surface area contributed by atoms with Crippen molar-refractivity contribution in [3.8, 4) is 0 Å². The Bertz CT molecular complexity index is 382. The maximum atomic E-state index is 10.9. The zero-order valence-electron chi connectivity index (χ0n) is 12.2. The number of unbranched alkanes of at least 4 members (excludes halogenated alkanes) is 1. The molecular formula is C13H26N2O4S. The van der Waals surface area contributed by atoms with E-state index in [1.807, 2.05) is 0 Å². The van der Waals surface area contributed by atoms with Crippen molar-refractivity contribution < 1.29 is 22.7 Å². The third-order valence-corrected chi connectivity index (χ3v) is 3.76. The first-order chi connectivity index (χ1) is 9.39. The normalized spacial score (nSPS) is 12.9. The van der Waals surface area contributed by atoms with Crippen LogP contribution in [0.2, 0.25) is 0 Å². The van der Waals surface area contributed by atoms with Gasteiger partial charge in [0.05, 0.1) is 29.8 Å². The molecule has 0 aromatic carbocycles. The van der Waals surface area contributed by atoms with E-state index in [1.165, 1.54) is 11.0 Å². The highest BCUT2D eigenvalue weighted by Gasteiger charge is 2.08. The van der Waals surface area contributed by atoms with E-state index in [4.69, 9.17) is 0 Å². The predicted octanol–water partition coefficient (Wildman–Crippen LogP) is -0.701. The van der Waals surface area contributed by atoms with Crippen molar-refractivity contribution in [3.63, 3.8) is 0 Å². The highest BCUT2D eigenvalue weighted by atomic mass is 32.2. The second-order valence-electron chi connectivity index (χ2n) is 4.82. The highest BCUT2D eigenvalue weighted by Crippen LogP contribution is 1.87. The lowest BCUT2D eigenvalue weighted by molar-refractivity contribution is -0.900. The maximum Gasteiger partial charge on any atom is 0.243 e. The fraction of sp³-hybridized carbons (Fsp3) is 0.769. The fourth-order valence-electron chi connectivity index (χ4n) is 2.01.